The Morgan fingerprint density at radius 3 is 2.18 bits per heavy atom. The van der Waals surface area contributed by atoms with Gasteiger partial charge in [-0.25, -0.2) is 0 Å². The molecule has 0 nitrogen and oxygen atoms in total. The van der Waals surface area contributed by atoms with E-state index in [1.165, 1.54) is 5.57 Å². The second kappa shape index (κ2) is 5.20. The van der Waals surface area contributed by atoms with Crippen LogP contribution in [0, 0.1) is 5.92 Å². The minimum atomic E-state index is 0.514. The van der Waals surface area contributed by atoms with Gasteiger partial charge in [-0.1, -0.05) is 44.2 Å². The Morgan fingerprint density at radius 2 is 1.91 bits per heavy atom. The van der Waals surface area contributed by atoms with E-state index in [-0.39, 0.29) is 0 Å². The molecule has 0 rings (SSSR count). The Labute approximate surface area is 74.3 Å². The zero-order valence-corrected chi connectivity index (χ0v) is 8.15. The molecule has 0 bridgehead atoms. The van der Waals surface area contributed by atoms with Crippen molar-refractivity contribution >= 4 is 11.6 Å². The summed E-state index contributed by atoms with van der Waals surface area (Å²) in [7, 11) is 0. The fourth-order valence-electron chi connectivity index (χ4n) is 0.707. The molecule has 0 saturated heterocycles. The lowest BCUT2D eigenvalue weighted by molar-refractivity contribution is 0.792. The fourth-order valence-corrected chi connectivity index (χ4v) is 0.770. The second-order valence-electron chi connectivity index (χ2n) is 2.78. The quantitative estimate of drug-likeness (QED) is 0.564. The van der Waals surface area contributed by atoms with Crippen molar-refractivity contribution in [2.24, 2.45) is 5.92 Å². The molecule has 0 spiro atoms. The van der Waals surface area contributed by atoms with Gasteiger partial charge in [0.15, 0.2) is 0 Å². The van der Waals surface area contributed by atoms with Gasteiger partial charge in [0.05, 0.1) is 0 Å². The van der Waals surface area contributed by atoms with Crippen LogP contribution in [0.2, 0.25) is 0 Å². The van der Waals surface area contributed by atoms with Gasteiger partial charge in [-0.3, -0.25) is 0 Å². The van der Waals surface area contributed by atoms with Crippen LogP contribution in [0.5, 0.6) is 0 Å². The lowest BCUT2D eigenvalue weighted by Gasteiger charge is -2.03. The molecule has 62 valence electrons. The van der Waals surface area contributed by atoms with Crippen molar-refractivity contribution in [3.63, 3.8) is 0 Å². The summed E-state index contributed by atoms with van der Waals surface area (Å²) in [5, 5.41) is 0.796. The van der Waals surface area contributed by atoms with Gasteiger partial charge in [0.1, 0.15) is 0 Å². The van der Waals surface area contributed by atoms with Crippen LogP contribution < -0.4 is 0 Å². The van der Waals surface area contributed by atoms with E-state index in [1.807, 2.05) is 25.2 Å². The maximum absolute atomic E-state index is 5.67. The predicted molar refractivity (Wildman–Crippen MR) is 52.7 cm³/mol. The minimum Gasteiger partial charge on any atom is -0.0988 e. The van der Waals surface area contributed by atoms with Gasteiger partial charge in [-0.2, -0.15) is 0 Å². The molecule has 0 aliphatic rings. The Kier molecular flexibility index (Phi) is 4.97. The lowest BCUT2D eigenvalue weighted by atomic mass is 10.0. The van der Waals surface area contributed by atoms with Gasteiger partial charge in [-0.15, -0.1) is 0 Å². The monoisotopic (exact) mass is 170 g/mol. The van der Waals surface area contributed by atoms with Gasteiger partial charge in [-0.05, 0) is 24.5 Å². The van der Waals surface area contributed by atoms with Crippen molar-refractivity contribution in [3.8, 4) is 0 Å². The molecule has 0 fully saturated rings. The van der Waals surface area contributed by atoms with Gasteiger partial charge < -0.3 is 0 Å². The van der Waals surface area contributed by atoms with Gasteiger partial charge in [0.25, 0.3) is 0 Å². The van der Waals surface area contributed by atoms with Gasteiger partial charge >= 0.3 is 0 Å². The molecule has 0 radical (unpaired) electrons. The summed E-state index contributed by atoms with van der Waals surface area (Å²) in [5.74, 6) is 0.514. The molecule has 0 aromatic rings. The summed E-state index contributed by atoms with van der Waals surface area (Å²) in [4.78, 5) is 0. The molecular weight excluding hydrogens is 156 g/mol. The number of hydrogen-bond acceptors (Lipinski definition) is 0. The largest absolute Gasteiger partial charge is 0.0988 e. The molecular formula is C10H15Cl. The van der Waals surface area contributed by atoms with E-state index in [1.54, 1.807) is 0 Å². The van der Waals surface area contributed by atoms with Gasteiger partial charge in [0.2, 0.25) is 0 Å². The molecule has 0 unspecified atom stereocenters. The maximum Gasteiger partial charge on any atom is 0.0150 e. The zero-order valence-electron chi connectivity index (χ0n) is 7.39. The van der Waals surface area contributed by atoms with Crippen LogP contribution in [0.3, 0.4) is 0 Å². The molecule has 0 aromatic carbocycles. The first kappa shape index (κ1) is 10.5. The zero-order chi connectivity index (χ0) is 8.85. The summed E-state index contributed by atoms with van der Waals surface area (Å²) in [6.45, 7) is 9.84. The summed E-state index contributed by atoms with van der Waals surface area (Å²) in [5.41, 5.74) is 1.21. The van der Waals surface area contributed by atoms with Crippen LogP contribution in [0.25, 0.3) is 0 Å². The molecule has 11 heavy (non-hydrogen) atoms. The molecule has 0 saturated carbocycles. The number of halogens is 1. The number of allylic oxidation sites excluding steroid dienone is 5. The summed E-state index contributed by atoms with van der Waals surface area (Å²) in [6.07, 6.45) is 5.75. The van der Waals surface area contributed by atoms with Crippen LogP contribution in [0.15, 0.2) is 35.4 Å². The molecule has 0 aliphatic heterocycles. The van der Waals surface area contributed by atoms with E-state index in [0.717, 1.165) is 5.03 Å². The third-order valence-corrected chi connectivity index (χ3v) is 1.53. The topological polar surface area (TPSA) is 0 Å². The summed E-state index contributed by atoms with van der Waals surface area (Å²) in [6, 6.07) is 0. The van der Waals surface area contributed by atoms with Crippen LogP contribution in [-0.4, -0.2) is 0 Å². The highest BCUT2D eigenvalue weighted by Gasteiger charge is 1.95. The van der Waals surface area contributed by atoms with Crippen LogP contribution in [0.4, 0.5) is 0 Å². The van der Waals surface area contributed by atoms with E-state index >= 15 is 0 Å². The Hall–Kier alpha value is -0.490. The molecule has 0 heterocycles. The van der Waals surface area contributed by atoms with E-state index in [9.17, 15) is 0 Å². The standard InChI is InChI=1S/C10H15Cl/c1-5-10(8(2)3)7-6-9(4)11/h5-8H,1H2,2-4H3/b9-6+,10-7+. The van der Waals surface area contributed by atoms with E-state index in [2.05, 4.69) is 20.4 Å². The first-order valence-electron chi connectivity index (χ1n) is 3.74. The predicted octanol–water partition coefficient (Wildman–Crippen LogP) is 3.90. The van der Waals surface area contributed by atoms with Crippen molar-refractivity contribution in [2.45, 2.75) is 20.8 Å². The van der Waals surface area contributed by atoms with Crippen molar-refractivity contribution in [2.75, 3.05) is 0 Å². The van der Waals surface area contributed by atoms with Gasteiger partial charge in [0, 0.05) is 5.03 Å². The van der Waals surface area contributed by atoms with Crippen molar-refractivity contribution in [3.05, 3.63) is 35.4 Å². The fraction of sp³-hybridized carbons (Fsp3) is 0.400. The highest BCUT2D eigenvalue weighted by molar-refractivity contribution is 6.29. The van der Waals surface area contributed by atoms with E-state index in [4.69, 9.17) is 11.6 Å². The van der Waals surface area contributed by atoms with Crippen LogP contribution >= 0.6 is 11.6 Å². The lowest BCUT2D eigenvalue weighted by Crippen LogP contribution is -1.88. The third kappa shape index (κ3) is 4.86. The molecule has 0 aliphatic carbocycles. The molecule has 0 atom stereocenters. The SMILES string of the molecule is C=C/C(=C\C=C(/C)Cl)C(C)C. The minimum absolute atomic E-state index is 0.514. The van der Waals surface area contributed by atoms with Crippen molar-refractivity contribution in [1.29, 1.82) is 0 Å². The maximum atomic E-state index is 5.67. The highest BCUT2D eigenvalue weighted by Crippen LogP contribution is 2.11. The normalized spacial score (nSPS) is 13.9. The smallest absolute Gasteiger partial charge is 0.0150 e. The summed E-state index contributed by atoms with van der Waals surface area (Å²) < 4.78 is 0. The molecule has 0 amide bonds. The highest BCUT2D eigenvalue weighted by atomic mass is 35.5. The van der Waals surface area contributed by atoms with E-state index < -0.39 is 0 Å². The van der Waals surface area contributed by atoms with E-state index in [0.29, 0.717) is 5.92 Å². The molecule has 1 heteroatoms. The van der Waals surface area contributed by atoms with Crippen LogP contribution in [-0.2, 0) is 0 Å². The summed E-state index contributed by atoms with van der Waals surface area (Å²) >= 11 is 5.67. The van der Waals surface area contributed by atoms with Crippen molar-refractivity contribution in [1.82, 2.24) is 0 Å². The van der Waals surface area contributed by atoms with Crippen molar-refractivity contribution < 1.29 is 0 Å². The number of rotatable bonds is 3. The third-order valence-electron chi connectivity index (χ3n) is 1.41. The van der Waals surface area contributed by atoms with Crippen LogP contribution in [0.1, 0.15) is 20.8 Å². The Balaban J connectivity index is 4.36. The Morgan fingerprint density at radius 1 is 1.36 bits per heavy atom. The Bertz CT molecular complexity index is 181. The molecule has 0 aromatic heterocycles. The first-order chi connectivity index (χ1) is 5.07. The molecule has 0 N–H and O–H groups in total. The number of hydrogen-bond donors (Lipinski definition) is 0. The second-order valence-corrected chi connectivity index (χ2v) is 3.38. The first-order valence-corrected chi connectivity index (χ1v) is 4.12. The average Bonchev–Trinajstić information content (AvgIpc) is 1.87. The average molecular weight is 171 g/mol.